The molecule has 2 unspecified atom stereocenters. The summed E-state index contributed by atoms with van der Waals surface area (Å²) in [5.74, 6) is 0.738. The van der Waals surface area contributed by atoms with Crippen LogP contribution in [0.3, 0.4) is 0 Å². The van der Waals surface area contributed by atoms with Crippen molar-refractivity contribution in [1.29, 1.82) is 0 Å². The van der Waals surface area contributed by atoms with Crippen LogP contribution in [0.2, 0.25) is 0 Å². The summed E-state index contributed by atoms with van der Waals surface area (Å²) in [6.07, 6.45) is 5.17. The molecule has 1 aromatic heterocycles. The van der Waals surface area contributed by atoms with Crippen LogP contribution in [0.25, 0.3) is 0 Å². The zero-order chi connectivity index (χ0) is 13.5. The molecule has 0 aliphatic rings. The van der Waals surface area contributed by atoms with E-state index < -0.39 is 0 Å². The molecule has 1 aromatic rings. The summed E-state index contributed by atoms with van der Waals surface area (Å²) in [7, 11) is 0. The summed E-state index contributed by atoms with van der Waals surface area (Å²) in [5.41, 5.74) is 0. The summed E-state index contributed by atoms with van der Waals surface area (Å²) in [6, 6.07) is 2.76. The van der Waals surface area contributed by atoms with E-state index in [0.29, 0.717) is 6.04 Å². The van der Waals surface area contributed by atoms with Crippen LogP contribution < -0.4 is 5.32 Å². The van der Waals surface area contributed by atoms with Crippen molar-refractivity contribution in [3.8, 4) is 0 Å². The highest BCUT2D eigenvalue weighted by Gasteiger charge is 2.23. The molecule has 1 heterocycles. The largest absolute Gasteiger partial charge is 0.309 e. The Hall–Kier alpha value is 0.620. The van der Waals surface area contributed by atoms with E-state index in [-0.39, 0.29) is 0 Å². The van der Waals surface area contributed by atoms with Crippen molar-refractivity contribution < 1.29 is 0 Å². The van der Waals surface area contributed by atoms with Gasteiger partial charge in [0, 0.05) is 15.4 Å². The Bertz CT molecular complexity index is 332. The Morgan fingerprint density at radius 1 is 1.28 bits per heavy atom. The zero-order valence-electron chi connectivity index (χ0n) is 11.4. The highest BCUT2D eigenvalue weighted by molar-refractivity contribution is 9.13. The van der Waals surface area contributed by atoms with Gasteiger partial charge in [-0.05, 0) is 56.8 Å². The predicted molar refractivity (Wildman–Crippen MR) is 89.4 cm³/mol. The summed E-state index contributed by atoms with van der Waals surface area (Å²) in [5, 5.41) is 3.67. The highest BCUT2D eigenvalue weighted by Crippen LogP contribution is 2.39. The Kier molecular flexibility index (Phi) is 8.08. The second-order valence-corrected chi connectivity index (χ2v) is 7.87. The van der Waals surface area contributed by atoms with Gasteiger partial charge in [-0.1, -0.05) is 40.0 Å². The van der Waals surface area contributed by atoms with Crippen LogP contribution in [0.1, 0.15) is 57.4 Å². The number of hydrogen-bond acceptors (Lipinski definition) is 2. The molecule has 104 valence electrons. The third-order valence-electron chi connectivity index (χ3n) is 3.32. The van der Waals surface area contributed by atoms with Gasteiger partial charge in [0.05, 0.1) is 3.79 Å². The van der Waals surface area contributed by atoms with Crippen molar-refractivity contribution >= 4 is 43.2 Å². The zero-order valence-corrected chi connectivity index (χ0v) is 15.4. The van der Waals surface area contributed by atoms with Gasteiger partial charge < -0.3 is 5.32 Å². The molecule has 0 aliphatic carbocycles. The lowest BCUT2D eigenvalue weighted by Gasteiger charge is -2.26. The van der Waals surface area contributed by atoms with Gasteiger partial charge in [-0.25, -0.2) is 0 Å². The van der Waals surface area contributed by atoms with Crippen LogP contribution in [-0.4, -0.2) is 6.54 Å². The van der Waals surface area contributed by atoms with Gasteiger partial charge in [0.1, 0.15) is 0 Å². The predicted octanol–water partition coefficient (Wildman–Crippen LogP) is 6.14. The van der Waals surface area contributed by atoms with Crippen molar-refractivity contribution in [1.82, 2.24) is 5.32 Å². The molecule has 0 saturated heterocycles. The fourth-order valence-electron chi connectivity index (χ4n) is 2.31. The first-order chi connectivity index (χ1) is 8.63. The minimum absolute atomic E-state index is 0.499. The first-order valence-electron chi connectivity index (χ1n) is 6.82. The second kappa shape index (κ2) is 8.72. The fourth-order valence-corrected chi connectivity index (χ4v) is 4.57. The van der Waals surface area contributed by atoms with E-state index in [1.54, 1.807) is 0 Å². The van der Waals surface area contributed by atoms with Gasteiger partial charge >= 0.3 is 0 Å². The minimum Gasteiger partial charge on any atom is -0.309 e. The van der Waals surface area contributed by atoms with E-state index in [1.165, 1.54) is 38.8 Å². The molecule has 0 fully saturated rings. The SMILES string of the molecule is CCCCC(CC)C(NCC)c1cc(Br)c(Br)s1. The van der Waals surface area contributed by atoms with Crippen LogP contribution in [0.15, 0.2) is 14.3 Å². The van der Waals surface area contributed by atoms with Gasteiger partial charge in [0.15, 0.2) is 0 Å². The molecule has 1 N–H and O–H groups in total. The number of hydrogen-bond donors (Lipinski definition) is 1. The molecule has 0 spiro atoms. The van der Waals surface area contributed by atoms with E-state index in [2.05, 4.69) is 64.0 Å². The minimum atomic E-state index is 0.499. The van der Waals surface area contributed by atoms with Crippen LogP contribution in [0.4, 0.5) is 0 Å². The molecule has 1 rings (SSSR count). The number of halogens is 2. The maximum Gasteiger partial charge on any atom is 0.0843 e. The van der Waals surface area contributed by atoms with E-state index >= 15 is 0 Å². The molecule has 0 aliphatic heterocycles. The summed E-state index contributed by atoms with van der Waals surface area (Å²) < 4.78 is 2.38. The average molecular weight is 397 g/mol. The molecule has 18 heavy (non-hydrogen) atoms. The molecule has 4 heteroatoms. The molecule has 0 amide bonds. The lowest BCUT2D eigenvalue weighted by atomic mass is 9.90. The van der Waals surface area contributed by atoms with Gasteiger partial charge in [-0.15, -0.1) is 11.3 Å². The standard InChI is InChI=1S/C14H23Br2NS/c1-4-7-8-10(5-2)13(17-6-3)12-9-11(15)14(16)18-12/h9-10,13,17H,4-8H2,1-3H3. The van der Waals surface area contributed by atoms with Gasteiger partial charge in [0.25, 0.3) is 0 Å². The first-order valence-corrected chi connectivity index (χ1v) is 9.22. The maximum atomic E-state index is 3.67. The molecule has 2 atom stereocenters. The van der Waals surface area contributed by atoms with Crippen molar-refractivity contribution in [3.63, 3.8) is 0 Å². The average Bonchev–Trinajstić information content (AvgIpc) is 2.69. The van der Waals surface area contributed by atoms with Crippen molar-refractivity contribution in [2.75, 3.05) is 6.54 Å². The Labute approximate surface area is 132 Å². The first kappa shape index (κ1) is 16.7. The van der Waals surface area contributed by atoms with E-state index in [1.807, 2.05) is 11.3 Å². The molecular formula is C14H23Br2NS. The third-order valence-corrected chi connectivity index (χ3v) is 6.66. The third kappa shape index (κ3) is 4.62. The molecule has 0 radical (unpaired) electrons. The van der Waals surface area contributed by atoms with Gasteiger partial charge in [0.2, 0.25) is 0 Å². The van der Waals surface area contributed by atoms with Crippen molar-refractivity contribution in [2.45, 2.75) is 52.5 Å². The Morgan fingerprint density at radius 2 is 2.00 bits per heavy atom. The highest BCUT2D eigenvalue weighted by atomic mass is 79.9. The Balaban J connectivity index is 2.85. The molecule has 0 saturated carbocycles. The molecule has 1 nitrogen and oxygen atoms in total. The van der Waals surface area contributed by atoms with Crippen molar-refractivity contribution in [3.05, 3.63) is 19.2 Å². The van der Waals surface area contributed by atoms with Crippen LogP contribution in [0, 0.1) is 5.92 Å². The molecular weight excluding hydrogens is 374 g/mol. The van der Waals surface area contributed by atoms with E-state index in [0.717, 1.165) is 12.5 Å². The normalized spacial score (nSPS) is 14.7. The number of unbranched alkanes of at least 4 members (excludes halogenated alkanes) is 1. The van der Waals surface area contributed by atoms with Crippen LogP contribution >= 0.6 is 43.2 Å². The molecule has 0 bridgehead atoms. The van der Waals surface area contributed by atoms with Crippen molar-refractivity contribution in [2.24, 2.45) is 5.92 Å². The fraction of sp³-hybridized carbons (Fsp3) is 0.714. The van der Waals surface area contributed by atoms with E-state index in [4.69, 9.17) is 0 Å². The van der Waals surface area contributed by atoms with Gasteiger partial charge in [-0.3, -0.25) is 0 Å². The summed E-state index contributed by atoms with van der Waals surface area (Å²) in [6.45, 7) is 7.80. The smallest absolute Gasteiger partial charge is 0.0843 e. The lowest BCUT2D eigenvalue weighted by Crippen LogP contribution is -2.27. The second-order valence-electron chi connectivity index (χ2n) is 4.62. The summed E-state index contributed by atoms with van der Waals surface area (Å²) in [4.78, 5) is 1.44. The topological polar surface area (TPSA) is 12.0 Å². The lowest BCUT2D eigenvalue weighted by molar-refractivity contribution is 0.332. The van der Waals surface area contributed by atoms with Crippen LogP contribution in [-0.2, 0) is 0 Å². The number of rotatable bonds is 8. The van der Waals surface area contributed by atoms with Gasteiger partial charge in [-0.2, -0.15) is 0 Å². The quantitative estimate of drug-likeness (QED) is 0.556. The number of nitrogens with one attached hydrogen (secondary N) is 1. The molecule has 0 aromatic carbocycles. The van der Waals surface area contributed by atoms with E-state index in [9.17, 15) is 0 Å². The van der Waals surface area contributed by atoms with Crippen LogP contribution in [0.5, 0.6) is 0 Å². The summed E-state index contributed by atoms with van der Waals surface area (Å²) >= 11 is 9.04. The Morgan fingerprint density at radius 3 is 2.44 bits per heavy atom. The monoisotopic (exact) mass is 395 g/mol. The maximum absolute atomic E-state index is 3.67. The number of thiophene rings is 1.